The summed E-state index contributed by atoms with van der Waals surface area (Å²) < 4.78 is 29.7. The van der Waals surface area contributed by atoms with E-state index in [2.05, 4.69) is 47.0 Å². The van der Waals surface area contributed by atoms with E-state index >= 15 is 0 Å². The highest BCUT2D eigenvalue weighted by molar-refractivity contribution is 5.89. The van der Waals surface area contributed by atoms with Crippen LogP contribution < -0.4 is 21.7 Å². The number of nitrogens with zero attached hydrogens (tertiary/aromatic N) is 8. The quantitative estimate of drug-likeness (QED) is 0.0405. The Morgan fingerprint density at radius 2 is 1.30 bits per heavy atom. The van der Waals surface area contributed by atoms with E-state index in [0.717, 1.165) is 11.1 Å². The van der Waals surface area contributed by atoms with Gasteiger partial charge in [0.2, 0.25) is 5.91 Å². The minimum Gasteiger partial charge on any atom is -0.464 e. The van der Waals surface area contributed by atoms with E-state index < -0.39 is 41.3 Å². The molecule has 0 aliphatic heterocycles. The van der Waals surface area contributed by atoms with E-state index in [1.165, 1.54) is 16.3 Å². The number of nitrogens with two attached hydrogens (primary N) is 1. The molecule has 2 heterocycles. The summed E-state index contributed by atoms with van der Waals surface area (Å²) in [7, 11) is 0. The van der Waals surface area contributed by atoms with Gasteiger partial charge in [-0.1, -0.05) is 68.1 Å². The van der Waals surface area contributed by atoms with Crippen LogP contribution in [0.4, 0.5) is 9.59 Å². The van der Waals surface area contributed by atoms with Gasteiger partial charge >= 0.3 is 18.2 Å². The first-order chi connectivity index (χ1) is 29.6. The number of aromatic nitrogens is 8. The summed E-state index contributed by atoms with van der Waals surface area (Å²) in [4.78, 5) is 48.2. The molecule has 0 fully saturated rings. The fourth-order valence-corrected chi connectivity index (χ4v) is 5.19. The number of aliphatic hydroxyl groups is 1. The topological polar surface area (TPSA) is 284 Å². The number of unbranched alkanes of at least 4 members (excludes halogenated alkanes) is 1. The average Bonchev–Trinajstić information content (AvgIpc) is 3.89. The van der Waals surface area contributed by atoms with E-state index in [4.69, 9.17) is 34.5 Å². The van der Waals surface area contributed by atoms with Crippen LogP contribution in [-0.2, 0) is 59.6 Å². The van der Waals surface area contributed by atoms with Gasteiger partial charge in [-0.2, -0.15) is 0 Å². The number of hydrogen-bond acceptors (Lipinski definition) is 17. The summed E-state index contributed by atoms with van der Waals surface area (Å²) in [6.07, 6.45) is -0.121. The maximum atomic E-state index is 13.3. The number of tetrazole rings is 2. The number of carbonyl (C=O) groups excluding carboxylic acids is 4. The molecule has 0 bridgehead atoms. The molecule has 4 rings (SSSR count). The van der Waals surface area contributed by atoms with Gasteiger partial charge in [0.25, 0.3) is 0 Å². The van der Waals surface area contributed by atoms with Crippen LogP contribution in [0.1, 0.15) is 96.7 Å². The predicted octanol–water partition coefficient (Wildman–Crippen LogP) is 3.36. The molecule has 22 nitrogen and oxygen atoms in total. The Kier molecular flexibility index (Phi) is 25.9. The highest BCUT2D eigenvalue weighted by Crippen LogP contribution is 2.16. The molecule has 6 N–H and O–H groups in total. The second kappa shape index (κ2) is 29.5. The molecule has 3 amide bonds. The SMILES string of the molecule is C.CC(=O)OCCn1nnnc1[C@H](N)COCc1ccccc1.CC(C)(C)OC(=O)NC(C)(C)C(=O)N[C@H](COCc1ccccc1)c1nnnn1CCOC(=O)NCCCCO.Cl. The Balaban J connectivity index is 0.000000722. The zero-order chi connectivity index (χ0) is 45.4. The van der Waals surface area contributed by atoms with Gasteiger partial charge < -0.3 is 50.5 Å². The number of halogens is 1. The van der Waals surface area contributed by atoms with Crippen LogP contribution in [0, 0.1) is 0 Å². The summed E-state index contributed by atoms with van der Waals surface area (Å²) in [5.74, 6) is -0.0773. The third-order valence-corrected chi connectivity index (χ3v) is 8.25. The van der Waals surface area contributed by atoms with Crippen LogP contribution in [0.5, 0.6) is 0 Å². The van der Waals surface area contributed by atoms with E-state index in [1.54, 1.807) is 34.6 Å². The molecule has 0 unspecified atom stereocenters. The third-order valence-electron chi connectivity index (χ3n) is 8.25. The van der Waals surface area contributed by atoms with Gasteiger partial charge in [0, 0.05) is 20.1 Å². The molecule has 0 aliphatic carbocycles. The number of alkyl carbamates (subject to hydrolysis) is 2. The minimum absolute atomic E-state index is 0. The molecule has 4 aromatic rings. The van der Waals surface area contributed by atoms with Crippen LogP contribution in [-0.4, -0.2) is 120 Å². The van der Waals surface area contributed by atoms with Crippen molar-refractivity contribution in [1.82, 2.24) is 56.4 Å². The normalized spacial score (nSPS) is 11.9. The molecular weight excluding hydrogens is 856 g/mol. The number of ether oxygens (including phenoxy) is 5. The zero-order valence-corrected chi connectivity index (χ0v) is 37.4. The number of hydrogen-bond donors (Lipinski definition) is 5. The fraction of sp³-hybridized carbons (Fsp3) is 0.561. The molecule has 2 aromatic carbocycles. The fourth-order valence-electron chi connectivity index (χ4n) is 5.19. The Morgan fingerprint density at radius 1 is 0.766 bits per heavy atom. The highest BCUT2D eigenvalue weighted by atomic mass is 35.5. The molecule has 0 spiro atoms. The van der Waals surface area contributed by atoms with Crippen LogP contribution in [0.25, 0.3) is 0 Å². The van der Waals surface area contributed by atoms with Gasteiger partial charge in [0.15, 0.2) is 11.6 Å². The van der Waals surface area contributed by atoms with Crippen molar-refractivity contribution in [2.24, 2.45) is 5.73 Å². The Labute approximate surface area is 380 Å². The van der Waals surface area contributed by atoms with Crippen LogP contribution in [0.3, 0.4) is 0 Å². The second-order valence-corrected chi connectivity index (χ2v) is 15.2. The molecule has 2 aromatic heterocycles. The summed E-state index contributed by atoms with van der Waals surface area (Å²) in [6, 6.07) is 18.1. The second-order valence-electron chi connectivity index (χ2n) is 15.2. The molecule has 0 radical (unpaired) electrons. The molecule has 0 aliphatic rings. The van der Waals surface area contributed by atoms with E-state index in [-0.39, 0.29) is 71.2 Å². The van der Waals surface area contributed by atoms with Gasteiger partial charge in [-0.05, 0) is 79.4 Å². The molecule has 64 heavy (non-hydrogen) atoms. The molecule has 0 saturated heterocycles. The lowest BCUT2D eigenvalue weighted by Gasteiger charge is -2.29. The molecule has 2 atom stereocenters. The number of rotatable bonds is 23. The average molecular weight is 921 g/mol. The Morgan fingerprint density at radius 3 is 1.84 bits per heavy atom. The Bertz CT molecular complexity index is 1930. The maximum Gasteiger partial charge on any atom is 0.408 e. The first-order valence-corrected chi connectivity index (χ1v) is 20.1. The van der Waals surface area contributed by atoms with Crippen molar-refractivity contribution in [2.45, 2.75) is 111 Å². The predicted molar refractivity (Wildman–Crippen MR) is 235 cm³/mol. The van der Waals surface area contributed by atoms with Crippen LogP contribution in [0.2, 0.25) is 0 Å². The molecule has 23 heteroatoms. The van der Waals surface area contributed by atoms with Gasteiger partial charge in [0.05, 0.1) is 45.6 Å². The number of amides is 3. The first kappa shape index (κ1) is 56.2. The minimum atomic E-state index is -1.34. The van der Waals surface area contributed by atoms with Crippen molar-refractivity contribution in [3.63, 3.8) is 0 Å². The van der Waals surface area contributed by atoms with Crippen molar-refractivity contribution in [1.29, 1.82) is 0 Å². The number of carbonyl (C=O) groups is 4. The number of esters is 1. The number of nitrogens with one attached hydrogen (secondary N) is 3. The maximum absolute atomic E-state index is 13.3. The van der Waals surface area contributed by atoms with Crippen LogP contribution in [0.15, 0.2) is 60.7 Å². The molecule has 0 saturated carbocycles. The standard InChI is InChI=1S/C26H41N7O7.C14H19N5O3.CH4.ClH/c1-25(2,3)40-24(37)29-26(4,5)22(35)28-20(18-38-17-19-11-7-6-8-12-19)21-30-31-32-33(21)14-16-39-23(36)27-13-9-10-15-34;1-11(20)22-8-7-19-14(16-17-18-19)13(15)10-21-9-12-5-3-2-4-6-12;;/h6-8,11-12,20,34H,9-10,13-18H2,1-5H3,(H,27,36)(H,28,35)(H,29,37);2-6,13H,7-10,15H2,1H3;1H4;1H/t20-;13-;;/m11../s1. The van der Waals surface area contributed by atoms with Crippen molar-refractivity contribution in [2.75, 3.05) is 39.6 Å². The lowest BCUT2D eigenvalue weighted by atomic mass is 10.0. The van der Waals surface area contributed by atoms with Crippen molar-refractivity contribution in [3.05, 3.63) is 83.4 Å². The third kappa shape index (κ3) is 22.0. The highest BCUT2D eigenvalue weighted by Gasteiger charge is 2.34. The summed E-state index contributed by atoms with van der Waals surface area (Å²) >= 11 is 0. The van der Waals surface area contributed by atoms with Crippen molar-refractivity contribution >= 4 is 36.5 Å². The smallest absolute Gasteiger partial charge is 0.408 e. The zero-order valence-electron chi connectivity index (χ0n) is 36.6. The molecular formula is C41H65ClN12O10. The van der Waals surface area contributed by atoms with E-state index in [1.807, 2.05) is 60.7 Å². The lowest BCUT2D eigenvalue weighted by Crippen LogP contribution is -2.56. The number of aliphatic hydroxyl groups excluding tert-OH is 1. The van der Waals surface area contributed by atoms with Gasteiger partial charge in [0.1, 0.15) is 30.4 Å². The lowest BCUT2D eigenvalue weighted by molar-refractivity contribution is -0.141. The van der Waals surface area contributed by atoms with E-state index in [0.29, 0.717) is 45.0 Å². The molecule has 356 valence electrons. The Hall–Kier alpha value is -5.81. The monoisotopic (exact) mass is 920 g/mol. The van der Waals surface area contributed by atoms with Gasteiger partial charge in [-0.25, -0.2) is 19.0 Å². The van der Waals surface area contributed by atoms with Crippen molar-refractivity contribution in [3.8, 4) is 0 Å². The van der Waals surface area contributed by atoms with Gasteiger partial charge in [-0.15, -0.1) is 22.6 Å². The van der Waals surface area contributed by atoms with E-state index in [9.17, 15) is 19.2 Å². The van der Waals surface area contributed by atoms with Crippen molar-refractivity contribution < 1.29 is 48.0 Å². The van der Waals surface area contributed by atoms with Crippen LogP contribution >= 0.6 is 12.4 Å². The van der Waals surface area contributed by atoms with Gasteiger partial charge in [-0.3, -0.25) is 9.59 Å². The summed E-state index contributed by atoms with van der Waals surface area (Å²) in [6.45, 7) is 11.8. The summed E-state index contributed by atoms with van der Waals surface area (Å²) in [5, 5.41) is 39.9. The summed E-state index contributed by atoms with van der Waals surface area (Å²) in [5.41, 5.74) is 5.99. The largest absolute Gasteiger partial charge is 0.464 e. The first-order valence-electron chi connectivity index (χ1n) is 20.1. The number of benzene rings is 2.